The average Bonchev–Trinajstić information content (AvgIpc) is 3.05. The second-order valence-corrected chi connectivity index (χ2v) is 9.30. The molecule has 0 N–H and O–H groups in total. The van der Waals surface area contributed by atoms with Crippen molar-refractivity contribution in [2.45, 2.75) is 35.9 Å². The van der Waals surface area contributed by atoms with E-state index < -0.39 is 20.1 Å². The van der Waals surface area contributed by atoms with Gasteiger partial charge in [0, 0.05) is 37.1 Å². The van der Waals surface area contributed by atoms with E-state index in [0.717, 1.165) is 18.5 Å². The number of aromatic nitrogens is 1. The van der Waals surface area contributed by atoms with Gasteiger partial charge >= 0.3 is 0 Å². The zero-order chi connectivity index (χ0) is 18.1. The largest absolute Gasteiger partial charge is 0.284 e. The molecule has 2 aliphatic heterocycles. The number of nitrogens with zero attached hydrogens (tertiary/aromatic N) is 4. The summed E-state index contributed by atoms with van der Waals surface area (Å²) >= 11 is 5.89. The van der Waals surface area contributed by atoms with Crippen LogP contribution < -0.4 is 0 Å². The van der Waals surface area contributed by atoms with Crippen LogP contribution in [0.1, 0.15) is 31.4 Å². The minimum absolute atomic E-state index is 0.309. The Hall–Kier alpha value is -1.57. The van der Waals surface area contributed by atoms with Gasteiger partial charge in [0.05, 0.1) is 5.02 Å². The van der Waals surface area contributed by atoms with Crippen LogP contribution in [0, 0.1) is 0 Å². The molecule has 134 valence electrons. The quantitative estimate of drug-likeness (QED) is 0.736. The molecule has 1 fully saturated rings. The Morgan fingerprint density at radius 2 is 2.12 bits per heavy atom. The molecule has 1 aromatic rings. The molecule has 1 aromatic heterocycles. The van der Waals surface area contributed by atoms with E-state index in [4.69, 9.17) is 11.6 Å². The van der Waals surface area contributed by atoms with Gasteiger partial charge in [0.25, 0.3) is 0 Å². The van der Waals surface area contributed by atoms with Crippen molar-refractivity contribution >= 4 is 34.0 Å². The van der Waals surface area contributed by atoms with Crippen molar-refractivity contribution in [3.63, 3.8) is 0 Å². The fourth-order valence-corrected chi connectivity index (χ4v) is 5.15. The Morgan fingerprint density at radius 3 is 2.64 bits per heavy atom. The van der Waals surface area contributed by atoms with Crippen molar-refractivity contribution in [2.75, 3.05) is 13.1 Å². The lowest BCUT2D eigenvalue weighted by Crippen LogP contribution is -2.50. The number of rotatable bonds is 5. The van der Waals surface area contributed by atoms with E-state index in [-0.39, 0.29) is 0 Å². The zero-order valence-corrected chi connectivity index (χ0v) is 15.6. The summed E-state index contributed by atoms with van der Waals surface area (Å²) in [5, 5.41) is -0.163. The van der Waals surface area contributed by atoms with Crippen LogP contribution in [0.2, 0.25) is 5.02 Å². The summed E-state index contributed by atoms with van der Waals surface area (Å²) in [5.74, 6) is 0.309. The molecule has 3 heterocycles. The third-order valence-electron chi connectivity index (χ3n) is 4.85. The predicted molar refractivity (Wildman–Crippen MR) is 101 cm³/mol. The molecule has 8 heteroatoms. The molecule has 0 aromatic carbocycles. The average molecular weight is 381 g/mol. The van der Waals surface area contributed by atoms with Crippen molar-refractivity contribution < 1.29 is 8.42 Å². The Morgan fingerprint density at radius 1 is 1.40 bits per heavy atom. The molecular formula is C17H21ClN4O2S. The van der Waals surface area contributed by atoms with Gasteiger partial charge in [0.1, 0.15) is 11.7 Å². The Balaban J connectivity index is 1.72. The minimum Gasteiger partial charge on any atom is -0.284 e. The number of pyridine rings is 1. The van der Waals surface area contributed by atoms with Gasteiger partial charge in [-0.2, -0.15) is 0 Å². The molecule has 0 spiro atoms. The first kappa shape index (κ1) is 18.2. The van der Waals surface area contributed by atoms with Gasteiger partial charge in [0.15, 0.2) is 4.87 Å². The highest BCUT2D eigenvalue weighted by Gasteiger charge is 2.46. The van der Waals surface area contributed by atoms with E-state index in [1.807, 2.05) is 17.0 Å². The third-order valence-corrected chi connectivity index (χ3v) is 7.56. The molecule has 3 rings (SSSR count). The molecule has 0 amide bonds. The highest BCUT2D eigenvalue weighted by molar-refractivity contribution is 7.94. The van der Waals surface area contributed by atoms with E-state index in [1.165, 1.54) is 18.6 Å². The first-order valence-electron chi connectivity index (χ1n) is 8.17. The molecule has 2 aliphatic rings. The van der Waals surface area contributed by atoms with Crippen LogP contribution in [0.3, 0.4) is 0 Å². The zero-order valence-electron chi connectivity index (χ0n) is 14.0. The summed E-state index contributed by atoms with van der Waals surface area (Å²) in [6, 6.07) is 3.78. The highest BCUT2D eigenvalue weighted by atomic mass is 35.5. The topological polar surface area (TPSA) is 75.0 Å². The molecule has 25 heavy (non-hydrogen) atoms. The first-order chi connectivity index (χ1) is 11.9. The van der Waals surface area contributed by atoms with Crippen LogP contribution >= 0.6 is 11.6 Å². The summed E-state index contributed by atoms with van der Waals surface area (Å²) < 4.78 is 26.1. The monoisotopic (exact) mass is 380 g/mol. The van der Waals surface area contributed by atoms with Crippen LogP contribution in [0.25, 0.3) is 0 Å². The van der Waals surface area contributed by atoms with Gasteiger partial charge in [-0.1, -0.05) is 17.7 Å². The molecule has 0 saturated carbocycles. The van der Waals surface area contributed by atoms with Crippen molar-refractivity contribution in [1.82, 2.24) is 9.88 Å². The van der Waals surface area contributed by atoms with Crippen LogP contribution in [0.4, 0.5) is 0 Å². The van der Waals surface area contributed by atoms with Gasteiger partial charge in [-0.05, 0) is 31.9 Å². The van der Waals surface area contributed by atoms with Gasteiger partial charge < -0.3 is 0 Å². The lowest BCUT2D eigenvalue weighted by Gasteiger charge is -2.37. The second kappa shape index (κ2) is 6.97. The summed E-state index contributed by atoms with van der Waals surface area (Å²) in [7, 11) is -3.61. The molecule has 1 saturated heterocycles. The summed E-state index contributed by atoms with van der Waals surface area (Å²) in [6.45, 7) is 6.62. The van der Waals surface area contributed by atoms with Gasteiger partial charge in [-0.25, -0.2) is 18.4 Å². The minimum atomic E-state index is -3.61. The SMILES string of the molecule is C=CC(N1CCC(c2ccc(Cl)cn2)CC1)S(=O)(=O)C1(C)C=NC=N1. The second-order valence-electron chi connectivity index (χ2n) is 6.46. The number of hydrogen-bond acceptors (Lipinski definition) is 6. The lowest BCUT2D eigenvalue weighted by molar-refractivity contribution is 0.210. The van der Waals surface area contributed by atoms with Gasteiger partial charge in [-0.15, -0.1) is 6.58 Å². The van der Waals surface area contributed by atoms with E-state index in [2.05, 4.69) is 21.5 Å². The molecule has 0 bridgehead atoms. The summed E-state index contributed by atoms with van der Waals surface area (Å²) in [6.07, 6.45) is 7.48. The van der Waals surface area contributed by atoms with E-state index in [0.29, 0.717) is 24.0 Å². The third kappa shape index (κ3) is 3.41. The van der Waals surface area contributed by atoms with Crippen LogP contribution in [0.15, 0.2) is 41.0 Å². The molecular weight excluding hydrogens is 360 g/mol. The smallest absolute Gasteiger partial charge is 0.200 e. The predicted octanol–water partition coefficient (Wildman–Crippen LogP) is 2.67. The maximum Gasteiger partial charge on any atom is 0.200 e. The van der Waals surface area contributed by atoms with E-state index in [1.54, 1.807) is 13.1 Å². The van der Waals surface area contributed by atoms with Crippen molar-refractivity contribution in [2.24, 2.45) is 9.98 Å². The molecule has 2 atom stereocenters. The molecule has 6 nitrogen and oxygen atoms in total. The van der Waals surface area contributed by atoms with Crippen LogP contribution in [-0.2, 0) is 9.84 Å². The Bertz CT molecular complexity index is 784. The maximum atomic E-state index is 13.0. The standard InChI is InChI=1S/C17H21ClN4O2S/c1-3-16(25(23,24)17(2)11-19-12-21-17)22-8-6-13(7-9-22)15-5-4-14(18)10-20-15/h3-5,10-13,16H,1,6-9H2,2H3. The number of aliphatic imine (C=N–C) groups is 2. The number of likely N-dealkylation sites (tertiary alicyclic amines) is 1. The van der Waals surface area contributed by atoms with Gasteiger partial charge in [-0.3, -0.25) is 9.88 Å². The Labute approximate surface area is 153 Å². The first-order valence-corrected chi connectivity index (χ1v) is 10.1. The van der Waals surface area contributed by atoms with Gasteiger partial charge in [0.2, 0.25) is 9.84 Å². The Kier molecular flexibility index (Phi) is 5.09. The number of piperidine rings is 1. The normalized spacial score (nSPS) is 26.0. The maximum absolute atomic E-state index is 13.0. The highest BCUT2D eigenvalue weighted by Crippen LogP contribution is 2.32. The number of halogens is 1. The van der Waals surface area contributed by atoms with Crippen molar-refractivity contribution in [3.05, 3.63) is 41.7 Å². The molecule has 2 unspecified atom stereocenters. The van der Waals surface area contributed by atoms with Crippen molar-refractivity contribution in [1.29, 1.82) is 0 Å². The van der Waals surface area contributed by atoms with Crippen LogP contribution in [-0.4, -0.2) is 54.2 Å². The fraction of sp³-hybridized carbons (Fsp3) is 0.471. The number of sulfone groups is 1. The van der Waals surface area contributed by atoms with Crippen molar-refractivity contribution in [3.8, 4) is 0 Å². The summed E-state index contributed by atoms with van der Waals surface area (Å²) in [4.78, 5) is 12.9. The van der Waals surface area contributed by atoms with E-state index >= 15 is 0 Å². The van der Waals surface area contributed by atoms with Crippen LogP contribution in [0.5, 0.6) is 0 Å². The lowest BCUT2D eigenvalue weighted by atomic mass is 9.93. The summed E-state index contributed by atoms with van der Waals surface area (Å²) in [5.41, 5.74) is 1.00. The molecule has 0 aliphatic carbocycles. The fourth-order valence-electron chi connectivity index (χ4n) is 3.29. The molecule has 0 radical (unpaired) electrons. The van der Waals surface area contributed by atoms with E-state index in [9.17, 15) is 8.42 Å². The number of hydrogen-bond donors (Lipinski definition) is 0.